The number of fused-ring (bicyclic) bond motifs is 1. The van der Waals surface area contributed by atoms with E-state index in [9.17, 15) is 18.0 Å². The molecule has 0 spiro atoms. The van der Waals surface area contributed by atoms with E-state index in [0.717, 1.165) is 6.26 Å². The first kappa shape index (κ1) is 12.7. The maximum absolute atomic E-state index is 11.9. The molecule has 0 saturated heterocycles. The van der Waals surface area contributed by atoms with E-state index in [2.05, 4.69) is 4.98 Å². The molecule has 2 aromatic rings. The van der Waals surface area contributed by atoms with Crippen LogP contribution in [0.4, 0.5) is 0 Å². The fourth-order valence-corrected chi connectivity index (χ4v) is 2.10. The number of nitrogens with zero attached hydrogens (tertiary/aromatic N) is 1. The van der Waals surface area contributed by atoms with Gasteiger partial charge in [0.2, 0.25) is 10.0 Å². The SMILES string of the molecule is CS(=O)(=O)Nn1c(=O)[nH]c2ccc(Cl)cc2c1=O. The van der Waals surface area contributed by atoms with Crippen LogP contribution in [0, 0.1) is 0 Å². The molecule has 0 bridgehead atoms. The molecule has 0 radical (unpaired) electrons. The van der Waals surface area contributed by atoms with Crippen molar-refractivity contribution in [2.75, 3.05) is 11.1 Å². The van der Waals surface area contributed by atoms with Gasteiger partial charge in [-0.05, 0) is 18.2 Å². The summed E-state index contributed by atoms with van der Waals surface area (Å²) in [6.07, 6.45) is 0.834. The van der Waals surface area contributed by atoms with Crippen LogP contribution >= 0.6 is 11.6 Å². The Kier molecular flexibility index (Phi) is 2.91. The van der Waals surface area contributed by atoms with Crippen LogP contribution in [0.15, 0.2) is 27.8 Å². The minimum Gasteiger partial charge on any atom is -0.305 e. The molecule has 1 aromatic carbocycles. The van der Waals surface area contributed by atoms with Crippen molar-refractivity contribution in [3.05, 3.63) is 44.1 Å². The fourth-order valence-electron chi connectivity index (χ4n) is 1.43. The average molecular weight is 290 g/mol. The molecule has 0 fully saturated rings. The third-order valence-corrected chi connectivity index (χ3v) is 2.87. The van der Waals surface area contributed by atoms with Crippen molar-refractivity contribution in [1.82, 2.24) is 9.66 Å². The minimum absolute atomic E-state index is 0.109. The minimum atomic E-state index is -3.74. The molecule has 1 heterocycles. The van der Waals surface area contributed by atoms with Gasteiger partial charge in [-0.1, -0.05) is 11.6 Å². The van der Waals surface area contributed by atoms with Crippen LogP contribution in [-0.2, 0) is 10.0 Å². The molecule has 0 saturated carbocycles. The molecule has 0 atom stereocenters. The summed E-state index contributed by atoms with van der Waals surface area (Å²) in [4.78, 5) is 27.7. The van der Waals surface area contributed by atoms with Crippen LogP contribution in [0.2, 0.25) is 5.02 Å². The topological polar surface area (TPSA) is 101 Å². The summed E-state index contributed by atoms with van der Waals surface area (Å²) in [5.74, 6) is 0. The molecule has 7 nitrogen and oxygen atoms in total. The van der Waals surface area contributed by atoms with E-state index in [1.807, 2.05) is 4.83 Å². The molecule has 0 aliphatic carbocycles. The second-order valence-electron chi connectivity index (χ2n) is 3.62. The van der Waals surface area contributed by atoms with Crippen molar-refractivity contribution in [2.45, 2.75) is 0 Å². The number of halogens is 1. The summed E-state index contributed by atoms with van der Waals surface area (Å²) < 4.78 is 22.5. The Bertz CT molecular complexity index is 837. The number of H-pyrrole nitrogens is 1. The molecule has 0 aliphatic heterocycles. The monoisotopic (exact) mass is 289 g/mol. The van der Waals surface area contributed by atoms with E-state index < -0.39 is 21.3 Å². The van der Waals surface area contributed by atoms with Crippen LogP contribution < -0.4 is 16.1 Å². The van der Waals surface area contributed by atoms with Crippen molar-refractivity contribution in [3.8, 4) is 0 Å². The van der Waals surface area contributed by atoms with Crippen molar-refractivity contribution >= 4 is 32.5 Å². The maximum Gasteiger partial charge on any atom is 0.348 e. The molecule has 1 aromatic heterocycles. The largest absolute Gasteiger partial charge is 0.348 e. The second kappa shape index (κ2) is 4.14. The lowest BCUT2D eigenvalue weighted by molar-refractivity contribution is 0.598. The quantitative estimate of drug-likeness (QED) is 0.802. The number of nitrogens with one attached hydrogen (secondary N) is 2. The number of aromatic nitrogens is 2. The van der Waals surface area contributed by atoms with Crippen molar-refractivity contribution in [3.63, 3.8) is 0 Å². The Balaban J connectivity index is 2.84. The van der Waals surface area contributed by atoms with E-state index in [4.69, 9.17) is 11.6 Å². The van der Waals surface area contributed by atoms with Gasteiger partial charge >= 0.3 is 5.69 Å². The highest BCUT2D eigenvalue weighted by Gasteiger charge is 2.11. The van der Waals surface area contributed by atoms with Gasteiger partial charge in [0, 0.05) is 5.02 Å². The standard InChI is InChI=1S/C9H8ClN3O4S/c1-18(16,17)12-13-8(14)6-4-5(10)2-3-7(6)11-9(13)15/h2-4,12H,1H3,(H,11,15). The van der Waals surface area contributed by atoms with Gasteiger partial charge in [0.25, 0.3) is 5.56 Å². The maximum atomic E-state index is 11.9. The van der Waals surface area contributed by atoms with Gasteiger partial charge < -0.3 is 4.98 Å². The molecule has 9 heteroatoms. The number of hydrogen-bond acceptors (Lipinski definition) is 4. The van der Waals surface area contributed by atoms with Gasteiger partial charge in [-0.25, -0.2) is 18.0 Å². The predicted molar refractivity (Wildman–Crippen MR) is 68.0 cm³/mol. The number of hydrogen-bond donors (Lipinski definition) is 2. The molecule has 2 N–H and O–H groups in total. The van der Waals surface area contributed by atoms with Crippen LogP contribution in [0.5, 0.6) is 0 Å². The Morgan fingerprint density at radius 2 is 2.00 bits per heavy atom. The molecule has 96 valence electrons. The summed E-state index contributed by atoms with van der Waals surface area (Å²) in [7, 11) is -3.74. The number of rotatable bonds is 2. The molecule has 0 aliphatic rings. The highest BCUT2D eigenvalue weighted by molar-refractivity contribution is 7.91. The van der Waals surface area contributed by atoms with Crippen LogP contribution in [0.3, 0.4) is 0 Å². The fraction of sp³-hybridized carbons (Fsp3) is 0.111. The first-order valence-corrected chi connectivity index (χ1v) is 6.97. The summed E-state index contributed by atoms with van der Waals surface area (Å²) in [5, 5.41) is 0.413. The highest BCUT2D eigenvalue weighted by atomic mass is 35.5. The zero-order valence-corrected chi connectivity index (χ0v) is 10.7. The summed E-state index contributed by atoms with van der Waals surface area (Å²) in [5.41, 5.74) is -1.39. The molecular weight excluding hydrogens is 282 g/mol. The summed E-state index contributed by atoms with van der Waals surface area (Å²) in [6, 6.07) is 4.31. The average Bonchev–Trinajstić information content (AvgIpc) is 2.24. The normalized spacial score (nSPS) is 11.7. The Morgan fingerprint density at radius 3 is 2.61 bits per heavy atom. The number of sulfonamides is 1. The summed E-state index contributed by atoms with van der Waals surface area (Å²) in [6.45, 7) is 0. The Labute approximate surface area is 106 Å². The Hall–Kier alpha value is -1.80. The first-order valence-electron chi connectivity index (χ1n) is 4.70. The van der Waals surface area contributed by atoms with E-state index in [1.54, 1.807) is 0 Å². The second-order valence-corrected chi connectivity index (χ2v) is 5.79. The van der Waals surface area contributed by atoms with Gasteiger partial charge in [0.1, 0.15) is 0 Å². The van der Waals surface area contributed by atoms with Crippen molar-refractivity contribution < 1.29 is 8.42 Å². The van der Waals surface area contributed by atoms with Gasteiger partial charge in [-0.3, -0.25) is 4.79 Å². The van der Waals surface area contributed by atoms with Gasteiger partial charge in [0.15, 0.2) is 0 Å². The van der Waals surface area contributed by atoms with E-state index >= 15 is 0 Å². The smallest absolute Gasteiger partial charge is 0.305 e. The van der Waals surface area contributed by atoms with Crippen LogP contribution in [0.1, 0.15) is 0 Å². The molecule has 18 heavy (non-hydrogen) atoms. The molecule has 2 rings (SSSR count). The van der Waals surface area contributed by atoms with Gasteiger partial charge in [-0.2, -0.15) is 4.68 Å². The zero-order chi connectivity index (χ0) is 13.5. The van der Waals surface area contributed by atoms with E-state index in [0.29, 0.717) is 9.70 Å². The first-order chi connectivity index (χ1) is 8.28. The van der Waals surface area contributed by atoms with Crippen molar-refractivity contribution in [1.29, 1.82) is 0 Å². The summed E-state index contributed by atoms with van der Waals surface area (Å²) >= 11 is 5.74. The van der Waals surface area contributed by atoms with Crippen LogP contribution in [0.25, 0.3) is 10.9 Å². The lowest BCUT2D eigenvalue weighted by Gasteiger charge is -2.07. The van der Waals surface area contributed by atoms with Crippen LogP contribution in [-0.4, -0.2) is 24.3 Å². The third-order valence-electron chi connectivity index (χ3n) is 2.12. The van der Waals surface area contributed by atoms with Crippen molar-refractivity contribution in [2.24, 2.45) is 0 Å². The van der Waals surface area contributed by atoms with Gasteiger partial charge in [0.05, 0.1) is 17.2 Å². The third kappa shape index (κ3) is 2.39. The Morgan fingerprint density at radius 1 is 1.33 bits per heavy atom. The number of benzene rings is 1. The zero-order valence-electron chi connectivity index (χ0n) is 9.10. The molecule has 0 amide bonds. The molecular formula is C9H8ClN3O4S. The van der Waals surface area contributed by atoms with Gasteiger partial charge in [-0.15, -0.1) is 0 Å². The van der Waals surface area contributed by atoms with E-state index in [-0.39, 0.29) is 10.9 Å². The number of aromatic amines is 1. The molecule has 0 unspecified atom stereocenters. The lowest BCUT2D eigenvalue weighted by atomic mass is 10.2. The highest BCUT2D eigenvalue weighted by Crippen LogP contribution is 2.13. The lowest BCUT2D eigenvalue weighted by Crippen LogP contribution is -2.43. The van der Waals surface area contributed by atoms with E-state index in [1.165, 1.54) is 18.2 Å². The predicted octanol–water partition coefficient (Wildman–Crippen LogP) is -0.154.